The Hall–Kier alpha value is -2.19. The van der Waals surface area contributed by atoms with E-state index in [-0.39, 0.29) is 5.56 Å². The van der Waals surface area contributed by atoms with Crippen molar-refractivity contribution in [3.05, 3.63) is 29.7 Å². The summed E-state index contributed by atoms with van der Waals surface area (Å²) in [6.07, 6.45) is -4.85. The molecule has 0 bridgehead atoms. The van der Waals surface area contributed by atoms with Crippen molar-refractivity contribution in [2.75, 3.05) is 0 Å². The molecule has 0 aliphatic heterocycles. The number of aromatic nitrogens is 2. The van der Waals surface area contributed by atoms with E-state index >= 15 is 0 Å². The molecule has 0 amide bonds. The van der Waals surface area contributed by atoms with E-state index in [1.54, 1.807) is 0 Å². The van der Waals surface area contributed by atoms with Crippen molar-refractivity contribution in [3.63, 3.8) is 0 Å². The van der Waals surface area contributed by atoms with Crippen LogP contribution in [0, 0.1) is 11.6 Å². The lowest BCUT2D eigenvalue weighted by Crippen LogP contribution is -2.04. The number of benzene rings is 1. The standard InChI is InChI=1S/C9H3F5N2O2/c10-4-1-3(2-5(11)6(4)17)7-15-8(18-16-7)9(12,13)14/h1-2,17H. The molecule has 0 fully saturated rings. The first-order valence-electron chi connectivity index (χ1n) is 4.38. The molecule has 1 aromatic carbocycles. The maximum Gasteiger partial charge on any atom is 0.471 e. The van der Waals surface area contributed by atoms with Gasteiger partial charge >= 0.3 is 12.1 Å². The molecular formula is C9H3F5N2O2. The second-order valence-corrected chi connectivity index (χ2v) is 3.21. The average Bonchev–Trinajstić information content (AvgIpc) is 2.73. The molecule has 96 valence electrons. The van der Waals surface area contributed by atoms with Crippen LogP contribution in [0.4, 0.5) is 22.0 Å². The van der Waals surface area contributed by atoms with Gasteiger partial charge < -0.3 is 9.63 Å². The van der Waals surface area contributed by atoms with Gasteiger partial charge in [-0.3, -0.25) is 0 Å². The lowest BCUT2D eigenvalue weighted by molar-refractivity contribution is -0.159. The largest absolute Gasteiger partial charge is 0.503 e. The second-order valence-electron chi connectivity index (χ2n) is 3.21. The van der Waals surface area contributed by atoms with Crippen LogP contribution in [0.15, 0.2) is 16.7 Å². The van der Waals surface area contributed by atoms with Gasteiger partial charge in [0, 0.05) is 5.56 Å². The summed E-state index contributed by atoms with van der Waals surface area (Å²) in [6.45, 7) is 0. The molecule has 1 heterocycles. The second kappa shape index (κ2) is 3.93. The Morgan fingerprint density at radius 2 is 1.67 bits per heavy atom. The maximum atomic E-state index is 13.0. The molecule has 2 aromatic rings. The van der Waals surface area contributed by atoms with Crippen LogP contribution in [0.3, 0.4) is 0 Å². The lowest BCUT2D eigenvalue weighted by Gasteiger charge is -1.99. The third kappa shape index (κ3) is 2.11. The Morgan fingerprint density at radius 3 is 2.11 bits per heavy atom. The highest BCUT2D eigenvalue weighted by atomic mass is 19.4. The van der Waals surface area contributed by atoms with Crippen molar-refractivity contribution in [2.24, 2.45) is 0 Å². The minimum Gasteiger partial charge on any atom is -0.503 e. The van der Waals surface area contributed by atoms with Crippen molar-refractivity contribution >= 4 is 0 Å². The summed E-state index contributed by atoms with van der Waals surface area (Å²) < 4.78 is 66.3. The molecule has 0 saturated carbocycles. The number of phenolic OH excluding ortho intramolecular Hbond substituents is 1. The van der Waals surface area contributed by atoms with Gasteiger partial charge in [-0.15, -0.1) is 0 Å². The highest BCUT2D eigenvalue weighted by molar-refractivity contribution is 5.56. The van der Waals surface area contributed by atoms with E-state index in [1.807, 2.05) is 0 Å². The minimum atomic E-state index is -4.85. The van der Waals surface area contributed by atoms with Crippen LogP contribution in [0.25, 0.3) is 11.4 Å². The molecule has 1 aromatic heterocycles. The molecule has 18 heavy (non-hydrogen) atoms. The molecule has 9 heteroatoms. The van der Waals surface area contributed by atoms with Gasteiger partial charge in [-0.25, -0.2) is 8.78 Å². The molecule has 0 radical (unpaired) electrons. The third-order valence-electron chi connectivity index (χ3n) is 1.94. The molecular weight excluding hydrogens is 263 g/mol. The summed E-state index contributed by atoms with van der Waals surface area (Å²) in [4.78, 5) is 2.95. The zero-order valence-electron chi connectivity index (χ0n) is 8.29. The average molecular weight is 266 g/mol. The van der Waals surface area contributed by atoms with Gasteiger partial charge in [-0.1, -0.05) is 5.16 Å². The van der Waals surface area contributed by atoms with E-state index in [2.05, 4.69) is 14.7 Å². The number of aromatic hydroxyl groups is 1. The van der Waals surface area contributed by atoms with Crippen LogP contribution in [-0.4, -0.2) is 15.2 Å². The first-order valence-corrected chi connectivity index (χ1v) is 4.38. The van der Waals surface area contributed by atoms with Crippen molar-refractivity contribution in [3.8, 4) is 17.1 Å². The van der Waals surface area contributed by atoms with E-state index in [1.165, 1.54) is 0 Å². The Balaban J connectivity index is 2.47. The first-order chi connectivity index (χ1) is 8.29. The number of hydrogen-bond acceptors (Lipinski definition) is 4. The molecule has 4 nitrogen and oxygen atoms in total. The molecule has 2 rings (SSSR count). The van der Waals surface area contributed by atoms with Gasteiger partial charge in [0.25, 0.3) is 0 Å². The van der Waals surface area contributed by atoms with E-state index in [0.29, 0.717) is 12.1 Å². The number of rotatable bonds is 1. The third-order valence-corrected chi connectivity index (χ3v) is 1.94. The fraction of sp³-hybridized carbons (Fsp3) is 0.111. The van der Waals surface area contributed by atoms with Gasteiger partial charge in [-0.2, -0.15) is 18.2 Å². The highest BCUT2D eigenvalue weighted by Gasteiger charge is 2.38. The van der Waals surface area contributed by atoms with E-state index in [0.717, 1.165) is 0 Å². The van der Waals surface area contributed by atoms with Gasteiger partial charge in [-0.05, 0) is 12.1 Å². The summed E-state index contributed by atoms with van der Waals surface area (Å²) in [5.41, 5.74) is -0.387. The Morgan fingerprint density at radius 1 is 1.11 bits per heavy atom. The van der Waals surface area contributed by atoms with Gasteiger partial charge in [0.2, 0.25) is 5.82 Å². The Bertz CT molecular complexity index is 570. The lowest BCUT2D eigenvalue weighted by atomic mass is 10.2. The summed E-state index contributed by atoms with van der Waals surface area (Å²) in [7, 11) is 0. The van der Waals surface area contributed by atoms with Crippen LogP contribution < -0.4 is 0 Å². The minimum absolute atomic E-state index is 0.387. The van der Waals surface area contributed by atoms with Crippen LogP contribution in [0.5, 0.6) is 5.75 Å². The zero-order chi connectivity index (χ0) is 13.5. The highest BCUT2D eigenvalue weighted by Crippen LogP contribution is 2.31. The number of alkyl halides is 3. The number of halogens is 5. The Labute approximate surface area is 95.7 Å². The van der Waals surface area contributed by atoms with Crippen molar-refractivity contribution < 1.29 is 31.6 Å². The Kier molecular flexibility index (Phi) is 2.68. The number of phenols is 1. The molecule has 0 aliphatic rings. The quantitative estimate of drug-likeness (QED) is 0.806. The van der Waals surface area contributed by atoms with Crippen LogP contribution in [0.2, 0.25) is 0 Å². The number of hydrogen-bond donors (Lipinski definition) is 1. The van der Waals surface area contributed by atoms with Gasteiger partial charge in [0.1, 0.15) is 0 Å². The predicted molar refractivity (Wildman–Crippen MR) is 46.3 cm³/mol. The smallest absolute Gasteiger partial charge is 0.471 e. The maximum absolute atomic E-state index is 13.0. The summed E-state index contributed by atoms with van der Waals surface area (Å²) in [5.74, 6) is -6.20. The van der Waals surface area contributed by atoms with E-state index in [4.69, 9.17) is 5.11 Å². The fourth-order valence-electron chi connectivity index (χ4n) is 1.15. The van der Waals surface area contributed by atoms with Crippen molar-refractivity contribution in [1.29, 1.82) is 0 Å². The van der Waals surface area contributed by atoms with Crippen molar-refractivity contribution in [2.45, 2.75) is 6.18 Å². The van der Waals surface area contributed by atoms with E-state index in [9.17, 15) is 22.0 Å². The van der Waals surface area contributed by atoms with Gasteiger partial charge in [0.15, 0.2) is 17.4 Å². The van der Waals surface area contributed by atoms with Crippen LogP contribution in [0.1, 0.15) is 5.89 Å². The van der Waals surface area contributed by atoms with Crippen LogP contribution >= 0.6 is 0 Å². The summed E-state index contributed by atoms with van der Waals surface area (Å²) in [5, 5.41) is 11.8. The van der Waals surface area contributed by atoms with E-state index < -0.39 is 35.3 Å². The number of nitrogens with zero attached hydrogens (tertiary/aromatic N) is 2. The zero-order valence-corrected chi connectivity index (χ0v) is 8.29. The summed E-state index contributed by atoms with van der Waals surface area (Å²) in [6, 6.07) is 1.17. The molecule has 0 saturated heterocycles. The SMILES string of the molecule is Oc1c(F)cc(-c2noc(C(F)(F)F)n2)cc1F. The molecule has 0 atom stereocenters. The molecule has 0 aliphatic carbocycles. The molecule has 0 unspecified atom stereocenters. The monoisotopic (exact) mass is 266 g/mol. The predicted octanol–water partition coefficient (Wildman–Crippen LogP) is 2.74. The van der Waals surface area contributed by atoms with Crippen molar-refractivity contribution in [1.82, 2.24) is 10.1 Å². The normalized spacial score (nSPS) is 11.8. The fourth-order valence-corrected chi connectivity index (χ4v) is 1.15. The van der Waals surface area contributed by atoms with Crippen LogP contribution in [-0.2, 0) is 6.18 Å². The summed E-state index contributed by atoms with van der Waals surface area (Å²) >= 11 is 0. The molecule has 1 N–H and O–H groups in total. The molecule has 0 spiro atoms. The van der Waals surface area contributed by atoms with Gasteiger partial charge in [0.05, 0.1) is 0 Å². The topological polar surface area (TPSA) is 59.2 Å². The first kappa shape index (κ1) is 12.3.